The first-order chi connectivity index (χ1) is 9.60. The molecule has 2 N–H and O–H groups in total. The van der Waals surface area contributed by atoms with E-state index in [1.54, 1.807) is 6.08 Å². The first kappa shape index (κ1) is 14.5. The molecule has 0 radical (unpaired) electrons. The molecule has 0 aliphatic heterocycles. The number of hydrogen-bond donors (Lipinski definition) is 2. The van der Waals surface area contributed by atoms with Gasteiger partial charge in [-0.25, -0.2) is 0 Å². The maximum atomic E-state index is 11.2. The molecule has 2 aromatic carbocycles. The number of benzene rings is 2. The maximum absolute atomic E-state index is 11.2. The molecule has 0 aliphatic rings. The zero-order chi connectivity index (χ0) is 14.6. The number of aliphatic hydroxyl groups excluding tert-OH is 1. The molecular weight excluding hydrogens is 248 g/mol. The van der Waals surface area contributed by atoms with Crippen molar-refractivity contribution >= 4 is 0 Å². The lowest BCUT2D eigenvalue weighted by Gasteiger charge is -2.37. The minimum absolute atomic E-state index is 0.292. The summed E-state index contributed by atoms with van der Waals surface area (Å²) in [4.78, 5) is 0. The van der Waals surface area contributed by atoms with Crippen molar-refractivity contribution < 1.29 is 10.2 Å². The lowest BCUT2D eigenvalue weighted by atomic mass is 9.76. The summed E-state index contributed by atoms with van der Waals surface area (Å²) in [5, 5.41) is 21.8. The average Bonchev–Trinajstić information content (AvgIpc) is 2.54. The Balaban J connectivity index is 2.50. The Morgan fingerprint density at radius 1 is 1.00 bits per heavy atom. The van der Waals surface area contributed by atoms with Gasteiger partial charge in [0.25, 0.3) is 0 Å². The molecule has 2 rings (SSSR count). The van der Waals surface area contributed by atoms with E-state index in [2.05, 4.69) is 6.58 Å². The van der Waals surface area contributed by atoms with Gasteiger partial charge < -0.3 is 10.2 Å². The fraction of sp³-hybridized carbons (Fsp3) is 0.222. The van der Waals surface area contributed by atoms with Gasteiger partial charge in [0.1, 0.15) is 11.7 Å². The van der Waals surface area contributed by atoms with E-state index in [0.29, 0.717) is 11.1 Å². The van der Waals surface area contributed by atoms with E-state index in [9.17, 15) is 10.2 Å². The molecule has 20 heavy (non-hydrogen) atoms. The summed E-state index contributed by atoms with van der Waals surface area (Å²) in [6, 6.07) is 18.5. The van der Waals surface area contributed by atoms with Crippen LogP contribution >= 0.6 is 0 Å². The zero-order valence-electron chi connectivity index (χ0n) is 11.6. The van der Waals surface area contributed by atoms with Gasteiger partial charge in [0.2, 0.25) is 0 Å². The number of rotatable bonds is 5. The van der Waals surface area contributed by atoms with Crippen LogP contribution < -0.4 is 0 Å². The standard InChI is InChI=1S/C18H20O2/c1-3-14(2)18(20,16-12-8-5-9-13-16)17(19)15-10-6-4-7-11-15/h3-14,17,19-20H,1H2,2H3/t14-,17-,18+/m1/s1. The molecule has 0 heterocycles. The third-order valence-electron chi connectivity index (χ3n) is 3.82. The second-order valence-corrected chi connectivity index (χ2v) is 5.03. The van der Waals surface area contributed by atoms with Crippen molar-refractivity contribution in [3.63, 3.8) is 0 Å². The van der Waals surface area contributed by atoms with Gasteiger partial charge >= 0.3 is 0 Å². The third-order valence-corrected chi connectivity index (χ3v) is 3.82. The van der Waals surface area contributed by atoms with Crippen molar-refractivity contribution in [2.75, 3.05) is 0 Å². The van der Waals surface area contributed by atoms with Gasteiger partial charge in [-0.05, 0) is 11.1 Å². The van der Waals surface area contributed by atoms with Crippen molar-refractivity contribution in [1.29, 1.82) is 0 Å². The minimum Gasteiger partial charge on any atom is -0.385 e. The molecule has 0 saturated heterocycles. The summed E-state index contributed by atoms with van der Waals surface area (Å²) in [6.45, 7) is 5.61. The first-order valence-corrected chi connectivity index (χ1v) is 6.74. The van der Waals surface area contributed by atoms with E-state index in [0.717, 1.165) is 0 Å². The molecule has 104 valence electrons. The lowest BCUT2D eigenvalue weighted by Crippen LogP contribution is -2.39. The van der Waals surface area contributed by atoms with Gasteiger partial charge in [-0.1, -0.05) is 73.7 Å². The molecule has 0 aromatic heterocycles. The topological polar surface area (TPSA) is 40.5 Å². The smallest absolute Gasteiger partial charge is 0.125 e. The average molecular weight is 268 g/mol. The number of aliphatic hydroxyl groups is 2. The Hall–Kier alpha value is -1.90. The van der Waals surface area contributed by atoms with Crippen molar-refractivity contribution in [2.24, 2.45) is 5.92 Å². The highest BCUT2D eigenvalue weighted by atomic mass is 16.3. The van der Waals surface area contributed by atoms with Crippen LogP contribution in [0.15, 0.2) is 73.3 Å². The summed E-state index contributed by atoms with van der Waals surface area (Å²) in [5.41, 5.74) is -0.0269. The highest BCUT2D eigenvalue weighted by Gasteiger charge is 2.42. The monoisotopic (exact) mass is 268 g/mol. The van der Waals surface area contributed by atoms with Crippen LogP contribution in [-0.4, -0.2) is 10.2 Å². The molecule has 0 bridgehead atoms. The molecule has 0 saturated carbocycles. The normalized spacial score (nSPS) is 16.9. The molecule has 0 spiro atoms. The highest BCUT2D eigenvalue weighted by molar-refractivity contribution is 5.31. The van der Waals surface area contributed by atoms with Crippen LogP contribution in [0.3, 0.4) is 0 Å². The molecule has 2 aromatic rings. The van der Waals surface area contributed by atoms with Gasteiger partial charge in [0, 0.05) is 5.92 Å². The molecule has 0 aliphatic carbocycles. The largest absolute Gasteiger partial charge is 0.385 e. The highest BCUT2D eigenvalue weighted by Crippen LogP contribution is 2.41. The maximum Gasteiger partial charge on any atom is 0.125 e. The Bertz CT molecular complexity index is 550. The van der Waals surface area contributed by atoms with Crippen molar-refractivity contribution in [3.05, 3.63) is 84.4 Å². The minimum atomic E-state index is -1.40. The second-order valence-electron chi connectivity index (χ2n) is 5.03. The zero-order valence-corrected chi connectivity index (χ0v) is 11.6. The third kappa shape index (κ3) is 2.53. The Labute approximate surface area is 120 Å². The van der Waals surface area contributed by atoms with Crippen molar-refractivity contribution in [1.82, 2.24) is 0 Å². The van der Waals surface area contributed by atoms with Crippen LogP contribution in [0.4, 0.5) is 0 Å². The predicted octanol–water partition coefficient (Wildman–Crippen LogP) is 3.43. The molecule has 2 nitrogen and oxygen atoms in total. The van der Waals surface area contributed by atoms with Crippen LogP contribution in [0.2, 0.25) is 0 Å². The fourth-order valence-electron chi connectivity index (χ4n) is 2.44. The van der Waals surface area contributed by atoms with E-state index in [4.69, 9.17) is 0 Å². The summed E-state index contributed by atoms with van der Waals surface area (Å²) in [5.74, 6) is -0.292. The van der Waals surface area contributed by atoms with E-state index in [1.807, 2.05) is 67.6 Å². The van der Waals surface area contributed by atoms with Gasteiger partial charge in [0.05, 0.1) is 0 Å². The van der Waals surface area contributed by atoms with E-state index in [1.165, 1.54) is 0 Å². The van der Waals surface area contributed by atoms with Gasteiger partial charge in [-0.15, -0.1) is 6.58 Å². The van der Waals surface area contributed by atoms with E-state index >= 15 is 0 Å². The molecule has 0 unspecified atom stereocenters. The van der Waals surface area contributed by atoms with Gasteiger partial charge in [0.15, 0.2) is 0 Å². The Morgan fingerprint density at radius 3 is 2.00 bits per heavy atom. The van der Waals surface area contributed by atoms with Gasteiger partial charge in [-0.3, -0.25) is 0 Å². The quantitative estimate of drug-likeness (QED) is 0.816. The molecule has 2 heteroatoms. The van der Waals surface area contributed by atoms with Crippen LogP contribution in [0.5, 0.6) is 0 Å². The lowest BCUT2D eigenvalue weighted by molar-refractivity contribution is -0.108. The first-order valence-electron chi connectivity index (χ1n) is 6.74. The Morgan fingerprint density at radius 2 is 1.50 bits per heavy atom. The second kappa shape index (κ2) is 6.04. The summed E-state index contributed by atoms with van der Waals surface area (Å²) in [7, 11) is 0. The molecular formula is C18H20O2. The summed E-state index contributed by atoms with van der Waals surface area (Å²) in [6.07, 6.45) is 0.651. The Kier molecular flexibility index (Phi) is 4.38. The molecule has 3 atom stereocenters. The predicted molar refractivity (Wildman–Crippen MR) is 81.1 cm³/mol. The van der Waals surface area contributed by atoms with Crippen LogP contribution in [-0.2, 0) is 5.60 Å². The molecule has 0 fully saturated rings. The van der Waals surface area contributed by atoms with Crippen LogP contribution in [0.1, 0.15) is 24.2 Å². The van der Waals surface area contributed by atoms with Crippen molar-refractivity contribution in [3.8, 4) is 0 Å². The summed E-state index contributed by atoms with van der Waals surface area (Å²) < 4.78 is 0. The van der Waals surface area contributed by atoms with Crippen molar-refractivity contribution in [2.45, 2.75) is 18.6 Å². The molecule has 0 amide bonds. The fourth-order valence-corrected chi connectivity index (χ4v) is 2.44. The van der Waals surface area contributed by atoms with Crippen LogP contribution in [0.25, 0.3) is 0 Å². The summed E-state index contributed by atoms with van der Waals surface area (Å²) >= 11 is 0. The van der Waals surface area contributed by atoms with Crippen LogP contribution in [0, 0.1) is 5.92 Å². The van der Waals surface area contributed by atoms with E-state index in [-0.39, 0.29) is 5.92 Å². The SMILES string of the molecule is C=C[C@@H](C)[C@](O)(c1ccccc1)[C@H](O)c1ccccc1. The van der Waals surface area contributed by atoms with Gasteiger partial charge in [-0.2, -0.15) is 0 Å². The van der Waals surface area contributed by atoms with E-state index < -0.39 is 11.7 Å². The number of hydrogen-bond acceptors (Lipinski definition) is 2.